The van der Waals surface area contributed by atoms with E-state index < -0.39 is 15.4 Å². The molecule has 0 heterocycles. The molecule has 0 aliphatic heterocycles. The zero-order valence-electron chi connectivity index (χ0n) is 6.92. The average molecular weight is 158 g/mol. The topological polar surface area (TPSA) is 29.5 Å². The summed E-state index contributed by atoms with van der Waals surface area (Å²) in [5.74, 6) is 0. The van der Waals surface area contributed by atoms with Crippen molar-refractivity contribution in [2.24, 2.45) is 0 Å². The summed E-state index contributed by atoms with van der Waals surface area (Å²) >= 11 is 0. The van der Waals surface area contributed by atoms with Crippen molar-refractivity contribution in [3.63, 3.8) is 0 Å². The maximum absolute atomic E-state index is 9.13. The van der Waals surface area contributed by atoms with E-state index in [2.05, 4.69) is 6.58 Å². The molecule has 0 spiro atoms. The van der Waals surface area contributed by atoms with E-state index in [-0.39, 0.29) is 0 Å². The van der Waals surface area contributed by atoms with Crippen LogP contribution in [0.25, 0.3) is 0 Å². The van der Waals surface area contributed by atoms with Crippen molar-refractivity contribution < 1.29 is 9.37 Å². The molecule has 58 valence electrons. The van der Waals surface area contributed by atoms with Gasteiger partial charge in [-0.15, -0.1) is 6.58 Å². The van der Waals surface area contributed by atoms with Gasteiger partial charge < -0.3 is 9.37 Å². The van der Waals surface area contributed by atoms with E-state index in [1.54, 1.807) is 6.08 Å². The van der Waals surface area contributed by atoms with Crippen LogP contribution in [0.1, 0.15) is 0 Å². The Kier molecular flexibility index (Phi) is 3.93. The van der Waals surface area contributed by atoms with Gasteiger partial charge in [-0.25, -0.2) is 0 Å². The van der Waals surface area contributed by atoms with Crippen LogP contribution in [0.4, 0.5) is 0 Å². The molecule has 0 bridgehead atoms. The summed E-state index contributed by atoms with van der Waals surface area (Å²) in [6.07, 6.45) is 2.18. The zero-order chi connectivity index (χ0) is 8.20. The first kappa shape index (κ1) is 9.94. The Hall–Kier alpha value is -0.0582. The highest BCUT2D eigenvalue weighted by molar-refractivity contribution is 6.75. The molecule has 0 atom stereocenters. The van der Waals surface area contributed by atoms with Crippen molar-refractivity contribution in [3.05, 3.63) is 12.7 Å². The minimum Gasteiger partial charge on any atom is -0.453 e. The number of allylic oxidation sites excluding steroid dienone is 1. The first-order valence-electron chi connectivity index (χ1n) is 3.42. The Balaban J connectivity index is 3.56. The SMILES string of the molecule is C=CCB(O)O[Si](C)(C)C. The van der Waals surface area contributed by atoms with Gasteiger partial charge in [0.25, 0.3) is 0 Å². The van der Waals surface area contributed by atoms with E-state index in [1.807, 2.05) is 19.6 Å². The third-order valence-electron chi connectivity index (χ3n) is 0.858. The maximum Gasteiger partial charge on any atom is 0.447 e. The van der Waals surface area contributed by atoms with Crippen LogP contribution in [0.2, 0.25) is 26.0 Å². The summed E-state index contributed by atoms with van der Waals surface area (Å²) in [4.78, 5) is 0. The number of hydrogen-bond acceptors (Lipinski definition) is 2. The molecule has 0 aromatic heterocycles. The van der Waals surface area contributed by atoms with E-state index in [0.717, 1.165) is 0 Å². The normalized spacial score (nSPS) is 11.2. The van der Waals surface area contributed by atoms with Crippen molar-refractivity contribution in [2.45, 2.75) is 26.0 Å². The maximum atomic E-state index is 9.13. The van der Waals surface area contributed by atoms with Gasteiger partial charge in [0.05, 0.1) is 0 Å². The Labute approximate surface area is 64.2 Å². The highest BCUT2D eigenvalue weighted by Gasteiger charge is 2.21. The van der Waals surface area contributed by atoms with E-state index in [1.165, 1.54) is 0 Å². The third-order valence-corrected chi connectivity index (χ3v) is 1.84. The summed E-state index contributed by atoms with van der Waals surface area (Å²) in [7, 11) is -2.20. The molecule has 0 saturated heterocycles. The second-order valence-electron chi connectivity index (χ2n) is 3.21. The molecule has 0 fully saturated rings. The molecule has 4 heteroatoms. The van der Waals surface area contributed by atoms with Gasteiger partial charge in [-0.1, -0.05) is 6.08 Å². The van der Waals surface area contributed by atoms with E-state index in [4.69, 9.17) is 9.37 Å². The van der Waals surface area contributed by atoms with Crippen LogP contribution in [0, 0.1) is 0 Å². The zero-order valence-corrected chi connectivity index (χ0v) is 7.92. The lowest BCUT2D eigenvalue weighted by Gasteiger charge is -2.19. The van der Waals surface area contributed by atoms with Gasteiger partial charge in [-0.2, -0.15) is 0 Å². The molecule has 0 aliphatic rings. The van der Waals surface area contributed by atoms with E-state index in [9.17, 15) is 0 Å². The van der Waals surface area contributed by atoms with Gasteiger partial charge in [0, 0.05) is 0 Å². The minimum absolute atomic E-state index is 0.518. The van der Waals surface area contributed by atoms with Crippen LogP contribution >= 0.6 is 0 Å². The summed E-state index contributed by atoms with van der Waals surface area (Å²) in [5, 5.41) is 9.13. The molecule has 0 unspecified atom stereocenters. The fourth-order valence-corrected chi connectivity index (χ4v) is 1.51. The molecule has 0 amide bonds. The molecule has 0 aliphatic carbocycles. The molecule has 0 radical (unpaired) electrons. The summed E-state index contributed by atoms with van der Waals surface area (Å²) in [6.45, 7) is 9.63. The van der Waals surface area contributed by atoms with E-state index in [0.29, 0.717) is 6.32 Å². The molecule has 2 nitrogen and oxygen atoms in total. The van der Waals surface area contributed by atoms with Gasteiger partial charge in [0.2, 0.25) is 0 Å². The molecule has 0 rings (SSSR count). The Morgan fingerprint density at radius 3 is 2.40 bits per heavy atom. The lowest BCUT2D eigenvalue weighted by molar-refractivity contribution is 0.417. The fourth-order valence-electron chi connectivity index (χ4n) is 0.599. The Bertz CT molecular complexity index is 111. The van der Waals surface area contributed by atoms with Crippen molar-refractivity contribution in [1.29, 1.82) is 0 Å². The fraction of sp³-hybridized carbons (Fsp3) is 0.667. The predicted molar refractivity (Wildman–Crippen MR) is 47.4 cm³/mol. The highest BCUT2D eigenvalue weighted by Crippen LogP contribution is 2.05. The Morgan fingerprint density at radius 1 is 1.60 bits per heavy atom. The van der Waals surface area contributed by atoms with Gasteiger partial charge >= 0.3 is 7.12 Å². The molecule has 0 aromatic carbocycles. The lowest BCUT2D eigenvalue weighted by atomic mass is 9.87. The standard InChI is InChI=1S/C6H15BO2Si/c1-5-6-7(8)9-10(2,3)4/h5,8H,1,6H2,2-4H3. The minimum atomic E-state index is -1.56. The summed E-state index contributed by atoms with van der Waals surface area (Å²) in [6, 6.07) is 0. The first-order chi connectivity index (χ1) is 4.45. The van der Waals surface area contributed by atoms with Crippen LogP contribution in [0.3, 0.4) is 0 Å². The van der Waals surface area contributed by atoms with Crippen molar-refractivity contribution in [3.8, 4) is 0 Å². The molecular weight excluding hydrogens is 143 g/mol. The highest BCUT2D eigenvalue weighted by atomic mass is 28.4. The van der Waals surface area contributed by atoms with Crippen LogP contribution in [0.15, 0.2) is 12.7 Å². The largest absolute Gasteiger partial charge is 0.453 e. The van der Waals surface area contributed by atoms with Crippen molar-refractivity contribution in [2.75, 3.05) is 0 Å². The number of hydrogen-bond donors (Lipinski definition) is 1. The summed E-state index contributed by atoms with van der Waals surface area (Å²) < 4.78 is 5.30. The smallest absolute Gasteiger partial charge is 0.447 e. The molecule has 0 saturated carbocycles. The Morgan fingerprint density at radius 2 is 2.10 bits per heavy atom. The second kappa shape index (κ2) is 3.95. The van der Waals surface area contributed by atoms with Crippen LogP contribution < -0.4 is 0 Å². The van der Waals surface area contributed by atoms with Crippen LogP contribution in [-0.4, -0.2) is 20.5 Å². The van der Waals surface area contributed by atoms with Crippen molar-refractivity contribution in [1.82, 2.24) is 0 Å². The molecule has 1 N–H and O–H groups in total. The van der Waals surface area contributed by atoms with E-state index >= 15 is 0 Å². The molecular formula is C6H15BO2Si. The monoisotopic (exact) mass is 158 g/mol. The quantitative estimate of drug-likeness (QED) is 0.496. The van der Waals surface area contributed by atoms with Crippen LogP contribution in [-0.2, 0) is 4.34 Å². The van der Waals surface area contributed by atoms with Gasteiger partial charge in [0.15, 0.2) is 8.32 Å². The molecule has 0 aromatic rings. The van der Waals surface area contributed by atoms with Crippen molar-refractivity contribution >= 4 is 15.4 Å². The van der Waals surface area contributed by atoms with Gasteiger partial charge in [-0.05, 0) is 26.0 Å². The lowest BCUT2D eigenvalue weighted by Crippen LogP contribution is -2.34. The molecule has 10 heavy (non-hydrogen) atoms. The predicted octanol–water partition coefficient (Wildman–Crippen LogP) is 1.50. The third kappa shape index (κ3) is 6.07. The first-order valence-corrected chi connectivity index (χ1v) is 6.83. The van der Waals surface area contributed by atoms with Crippen LogP contribution in [0.5, 0.6) is 0 Å². The van der Waals surface area contributed by atoms with Gasteiger partial charge in [0.1, 0.15) is 0 Å². The van der Waals surface area contributed by atoms with Gasteiger partial charge in [-0.3, -0.25) is 0 Å². The second-order valence-corrected chi connectivity index (χ2v) is 7.67. The summed E-state index contributed by atoms with van der Waals surface area (Å²) in [5.41, 5.74) is 0. The average Bonchev–Trinajstić information content (AvgIpc) is 1.59. The number of rotatable bonds is 4.